The quantitative estimate of drug-likeness (QED) is 0.147. The highest BCUT2D eigenvalue weighted by atomic mass is 16.5. The molecule has 0 radical (unpaired) electrons. The van der Waals surface area contributed by atoms with Gasteiger partial charge in [0.15, 0.2) is 0 Å². The van der Waals surface area contributed by atoms with Crippen LogP contribution in [0.15, 0.2) is 48.5 Å². The normalized spacial score (nSPS) is 10.7. The lowest BCUT2D eigenvalue weighted by atomic mass is 10.1. The lowest BCUT2D eigenvalue weighted by Gasteiger charge is -2.10. The highest BCUT2D eigenvalue weighted by Crippen LogP contribution is 2.24. The van der Waals surface area contributed by atoms with Crippen molar-refractivity contribution in [3.8, 4) is 17.2 Å². The molecule has 2 amide bonds. The standard InChI is InChI=1S/C27H41N3O3/c1-2-3-4-5-6-7-8-9-10-11-12-13-22-28-30-27(32)29-23-14-18-25(19-15-23)33-26-20-16-24(31)17-21-26/h14-21,28,31H,2-13,22H2,1H3,(H2,29,30,32). The molecule has 0 unspecified atom stereocenters. The Hall–Kier alpha value is -2.73. The predicted octanol–water partition coefficient (Wildman–Crippen LogP) is 7.51. The summed E-state index contributed by atoms with van der Waals surface area (Å²) in [6.45, 7) is 3.03. The van der Waals surface area contributed by atoms with Crippen molar-refractivity contribution < 1.29 is 14.6 Å². The molecule has 2 rings (SSSR count). The second-order valence-corrected chi connectivity index (χ2v) is 8.52. The van der Waals surface area contributed by atoms with E-state index in [-0.39, 0.29) is 11.8 Å². The van der Waals surface area contributed by atoms with E-state index in [0.717, 1.165) is 13.0 Å². The summed E-state index contributed by atoms with van der Waals surface area (Å²) in [5, 5.41) is 12.1. The van der Waals surface area contributed by atoms with E-state index in [9.17, 15) is 9.90 Å². The summed E-state index contributed by atoms with van der Waals surface area (Å²) in [4.78, 5) is 12.0. The number of unbranched alkanes of at least 4 members (excludes halogenated alkanes) is 11. The zero-order valence-corrected chi connectivity index (χ0v) is 20.1. The van der Waals surface area contributed by atoms with Crippen molar-refractivity contribution in [2.75, 3.05) is 11.9 Å². The summed E-state index contributed by atoms with van der Waals surface area (Å²) in [6.07, 6.45) is 15.8. The summed E-state index contributed by atoms with van der Waals surface area (Å²) >= 11 is 0. The minimum atomic E-state index is -0.291. The molecule has 6 heteroatoms. The Morgan fingerprint density at radius 3 is 1.76 bits per heavy atom. The van der Waals surface area contributed by atoms with Gasteiger partial charge >= 0.3 is 6.03 Å². The average molecular weight is 456 g/mol. The number of hydrogen-bond acceptors (Lipinski definition) is 4. The van der Waals surface area contributed by atoms with Gasteiger partial charge in [0, 0.05) is 12.2 Å². The van der Waals surface area contributed by atoms with E-state index in [4.69, 9.17) is 4.74 Å². The van der Waals surface area contributed by atoms with Crippen LogP contribution in [0.3, 0.4) is 0 Å². The van der Waals surface area contributed by atoms with E-state index in [0.29, 0.717) is 17.2 Å². The van der Waals surface area contributed by atoms with E-state index >= 15 is 0 Å². The Bertz CT molecular complexity index is 763. The third-order valence-corrected chi connectivity index (χ3v) is 5.54. The Balaban J connectivity index is 1.45. The van der Waals surface area contributed by atoms with Gasteiger partial charge in [-0.15, -0.1) is 0 Å². The van der Waals surface area contributed by atoms with E-state index in [1.807, 2.05) is 0 Å². The molecule has 0 saturated carbocycles. The van der Waals surface area contributed by atoms with Crippen LogP contribution in [-0.2, 0) is 0 Å². The van der Waals surface area contributed by atoms with Gasteiger partial charge in [0.1, 0.15) is 17.2 Å². The van der Waals surface area contributed by atoms with Gasteiger partial charge in [0.25, 0.3) is 0 Å². The third-order valence-electron chi connectivity index (χ3n) is 5.54. The highest BCUT2D eigenvalue weighted by molar-refractivity contribution is 5.88. The van der Waals surface area contributed by atoms with E-state index in [2.05, 4.69) is 23.1 Å². The molecule has 0 aromatic heterocycles. The van der Waals surface area contributed by atoms with Crippen molar-refractivity contribution in [2.24, 2.45) is 0 Å². The summed E-state index contributed by atoms with van der Waals surface area (Å²) in [6, 6.07) is 13.3. The zero-order valence-electron chi connectivity index (χ0n) is 20.1. The number of urea groups is 1. The fraction of sp³-hybridized carbons (Fsp3) is 0.519. The molecule has 2 aromatic rings. The molecule has 182 valence electrons. The average Bonchev–Trinajstić information content (AvgIpc) is 2.82. The van der Waals surface area contributed by atoms with Crippen molar-refractivity contribution in [1.29, 1.82) is 0 Å². The minimum absolute atomic E-state index is 0.195. The van der Waals surface area contributed by atoms with Crippen LogP contribution in [0, 0.1) is 0 Å². The van der Waals surface area contributed by atoms with Crippen LogP contribution in [-0.4, -0.2) is 17.7 Å². The number of rotatable bonds is 17. The Kier molecular flexibility index (Phi) is 13.5. The van der Waals surface area contributed by atoms with Gasteiger partial charge in [0.2, 0.25) is 0 Å². The van der Waals surface area contributed by atoms with Crippen LogP contribution in [0.1, 0.15) is 84.0 Å². The summed E-state index contributed by atoms with van der Waals surface area (Å²) < 4.78 is 5.70. The summed E-state index contributed by atoms with van der Waals surface area (Å²) in [7, 11) is 0. The van der Waals surface area contributed by atoms with Gasteiger partial charge in [-0.2, -0.15) is 0 Å². The van der Waals surface area contributed by atoms with Crippen LogP contribution < -0.4 is 20.9 Å². The van der Waals surface area contributed by atoms with E-state index in [1.165, 1.54) is 70.6 Å². The molecule has 0 aliphatic rings. The van der Waals surface area contributed by atoms with Crippen LogP contribution in [0.25, 0.3) is 0 Å². The second kappa shape index (κ2) is 16.8. The van der Waals surface area contributed by atoms with Gasteiger partial charge in [-0.05, 0) is 55.0 Å². The fourth-order valence-corrected chi connectivity index (χ4v) is 3.62. The van der Waals surface area contributed by atoms with Gasteiger partial charge in [-0.1, -0.05) is 77.6 Å². The number of hydrogen-bond donors (Lipinski definition) is 4. The number of phenols is 1. The Morgan fingerprint density at radius 2 is 1.21 bits per heavy atom. The van der Waals surface area contributed by atoms with E-state index in [1.54, 1.807) is 48.5 Å². The zero-order chi connectivity index (χ0) is 23.6. The molecule has 2 aromatic carbocycles. The van der Waals surface area contributed by atoms with Gasteiger partial charge < -0.3 is 15.2 Å². The number of aromatic hydroxyl groups is 1. The molecule has 0 spiro atoms. The molecule has 4 N–H and O–H groups in total. The number of carbonyl (C=O) groups is 1. The fourth-order valence-electron chi connectivity index (χ4n) is 3.62. The van der Waals surface area contributed by atoms with Crippen LogP contribution in [0.4, 0.5) is 10.5 Å². The predicted molar refractivity (Wildman–Crippen MR) is 136 cm³/mol. The Morgan fingerprint density at radius 1 is 0.727 bits per heavy atom. The van der Waals surface area contributed by atoms with Crippen LogP contribution >= 0.6 is 0 Å². The molecule has 0 saturated heterocycles. The van der Waals surface area contributed by atoms with Crippen LogP contribution in [0.2, 0.25) is 0 Å². The Labute approximate surface area is 199 Å². The molecular formula is C27H41N3O3. The highest BCUT2D eigenvalue weighted by Gasteiger charge is 2.02. The van der Waals surface area contributed by atoms with E-state index < -0.39 is 0 Å². The molecule has 0 bridgehead atoms. The number of nitrogens with one attached hydrogen (secondary N) is 3. The lowest BCUT2D eigenvalue weighted by Crippen LogP contribution is -2.40. The van der Waals surface area contributed by atoms with Gasteiger partial charge in [-0.25, -0.2) is 10.2 Å². The largest absolute Gasteiger partial charge is 0.508 e. The molecule has 0 fully saturated rings. The first kappa shape index (κ1) is 26.5. The lowest BCUT2D eigenvalue weighted by molar-refractivity contribution is 0.248. The molecular weight excluding hydrogens is 414 g/mol. The molecule has 33 heavy (non-hydrogen) atoms. The third kappa shape index (κ3) is 12.8. The van der Waals surface area contributed by atoms with Crippen LogP contribution in [0.5, 0.6) is 17.2 Å². The first-order valence-electron chi connectivity index (χ1n) is 12.5. The molecule has 0 aliphatic carbocycles. The molecule has 0 atom stereocenters. The number of anilines is 1. The monoisotopic (exact) mass is 455 g/mol. The van der Waals surface area contributed by atoms with Crippen molar-refractivity contribution in [3.05, 3.63) is 48.5 Å². The number of amides is 2. The number of benzene rings is 2. The number of phenolic OH excluding ortho intramolecular Hbond substituents is 1. The first-order chi connectivity index (χ1) is 16.2. The first-order valence-corrected chi connectivity index (χ1v) is 12.5. The smallest absolute Gasteiger partial charge is 0.333 e. The number of carbonyl (C=O) groups excluding carboxylic acids is 1. The minimum Gasteiger partial charge on any atom is -0.508 e. The van der Waals surface area contributed by atoms with Gasteiger partial charge in [-0.3, -0.25) is 5.43 Å². The summed E-state index contributed by atoms with van der Waals surface area (Å²) in [5.41, 5.74) is 6.34. The van der Waals surface area contributed by atoms with Crippen molar-refractivity contribution in [2.45, 2.75) is 84.0 Å². The van der Waals surface area contributed by atoms with Gasteiger partial charge in [0.05, 0.1) is 0 Å². The van der Waals surface area contributed by atoms with Crippen molar-refractivity contribution in [3.63, 3.8) is 0 Å². The SMILES string of the molecule is CCCCCCCCCCCCCCNNC(=O)Nc1ccc(Oc2ccc(O)cc2)cc1. The number of hydrazine groups is 1. The number of ether oxygens (including phenoxy) is 1. The summed E-state index contributed by atoms with van der Waals surface area (Å²) in [5.74, 6) is 1.48. The topological polar surface area (TPSA) is 82.6 Å². The maximum Gasteiger partial charge on any atom is 0.333 e. The molecule has 6 nitrogen and oxygen atoms in total. The molecule has 0 heterocycles. The maximum atomic E-state index is 12.0. The molecule has 0 aliphatic heterocycles. The van der Waals surface area contributed by atoms with Crippen molar-refractivity contribution >= 4 is 11.7 Å². The second-order valence-electron chi connectivity index (χ2n) is 8.52. The van der Waals surface area contributed by atoms with Crippen molar-refractivity contribution in [1.82, 2.24) is 10.9 Å². The maximum absolute atomic E-state index is 12.0.